The summed E-state index contributed by atoms with van der Waals surface area (Å²) in [5, 5.41) is 21.3. The van der Waals surface area contributed by atoms with Crippen LogP contribution >= 0.6 is 11.8 Å². The van der Waals surface area contributed by atoms with Gasteiger partial charge in [0.2, 0.25) is 5.91 Å². The van der Waals surface area contributed by atoms with Crippen LogP contribution in [0.3, 0.4) is 0 Å². The molecule has 0 radical (unpaired) electrons. The minimum Gasteiger partial charge on any atom is -0.354 e. The Balaban J connectivity index is 3.10. The minimum absolute atomic E-state index is 0.00625. The highest BCUT2D eigenvalue weighted by Gasteiger charge is 2.33. The molecule has 0 aromatic rings. The molecular weight excluding hydrogens is 274 g/mol. The molecule has 0 aromatic heterocycles. The Morgan fingerprint density at radius 2 is 2.11 bits per heavy atom. The van der Waals surface area contributed by atoms with Crippen molar-refractivity contribution in [3.05, 3.63) is 21.3 Å². The van der Waals surface area contributed by atoms with Crippen molar-refractivity contribution in [2.24, 2.45) is 0 Å². The van der Waals surface area contributed by atoms with Crippen molar-refractivity contribution in [2.45, 2.75) is 39.1 Å². The van der Waals surface area contributed by atoms with Gasteiger partial charge in [-0.3, -0.25) is 5.32 Å². The first-order chi connectivity index (χ1) is 8.03. The van der Waals surface area contributed by atoms with Crippen LogP contribution < -0.4 is 5.32 Å². The van der Waals surface area contributed by atoms with Crippen LogP contribution in [-0.4, -0.2) is 36.3 Å². The van der Waals surface area contributed by atoms with E-state index in [0.29, 0.717) is 16.9 Å². The first kappa shape index (κ1) is 15.7. The zero-order chi connectivity index (χ0) is 14.1. The van der Waals surface area contributed by atoms with E-state index >= 15 is 0 Å². The Hall–Kier alpha value is -0.340. The summed E-state index contributed by atoms with van der Waals surface area (Å²) in [4.78, 5) is 0.685. The van der Waals surface area contributed by atoms with Gasteiger partial charge in [0, 0.05) is 13.0 Å². The van der Waals surface area contributed by atoms with Crippen molar-refractivity contribution < 1.29 is 18.6 Å². The predicted octanol–water partition coefficient (Wildman–Crippen LogP) is 0.920. The highest BCUT2D eigenvalue weighted by molar-refractivity contribution is 8.20. The van der Waals surface area contributed by atoms with Gasteiger partial charge in [-0.05, 0) is 30.7 Å². The van der Waals surface area contributed by atoms with Crippen molar-refractivity contribution in [1.82, 2.24) is 5.32 Å². The monoisotopic (exact) mass is 293 g/mol. The zero-order valence-corrected chi connectivity index (χ0v) is 12.4. The lowest BCUT2D eigenvalue weighted by molar-refractivity contribution is -0.174. The zero-order valence-electron chi connectivity index (χ0n) is 10.7. The van der Waals surface area contributed by atoms with Gasteiger partial charge in [-0.15, -0.1) is 0 Å². The van der Waals surface area contributed by atoms with Crippen LogP contribution in [-0.2, 0) is 9.84 Å². The lowest BCUT2D eigenvalue weighted by Crippen LogP contribution is -2.50. The van der Waals surface area contributed by atoms with Gasteiger partial charge in [-0.1, -0.05) is 18.3 Å². The van der Waals surface area contributed by atoms with Crippen molar-refractivity contribution >= 4 is 21.6 Å². The van der Waals surface area contributed by atoms with Crippen LogP contribution in [0.2, 0.25) is 0 Å². The summed E-state index contributed by atoms with van der Waals surface area (Å²) in [6, 6.07) is -0.365. The van der Waals surface area contributed by atoms with Crippen LogP contribution in [0.25, 0.3) is 0 Å². The maximum atomic E-state index is 12.0. The number of hydrogen-bond donors (Lipinski definition) is 3. The third kappa shape index (κ3) is 4.10. The number of thioether (sulfide) groups is 1. The molecular formula is C11H19NO4S2. The number of allylic oxidation sites excluding steroid dienone is 1. The summed E-state index contributed by atoms with van der Waals surface area (Å²) in [5.74, 6) is -2.03. The molecule has 0 saturated carbocycles. The van der Waals surface area contributed by atoms with E-state index in [9.17, 15) is 18.6 Å². The smallest absolute Gasteiger partial charge is 0.219 e. The molecule has 1 rings (SSSR count). The molecule has 1 unspecified atom stereocenters. The summed E-state index contributed by atoms with van der Waals surface area (Å²) in [6.45, 7) is 8.32. The van der Waals surface area contributed by atoms with Crippen LogP contribution in [0.15, 0.2) is 21.3 Å². The topological polar surface area (TPSA) is 86.6 Å². The predicted molar refractivity (Wildman–Crippen MR) is 73.3 cm³/mol. The summed E-state index contributed by atoms with van der Waals surface area (Å²) < 4.78 is 24.2. The number of aliphatic hydroxyl groups is 2. The fourth-order valence-electron chi connectivity index (χ4n) is 1.78. The molecule has 1 aliphatic heterocycles. The van der Waals surface area contributed by atoms with Crippen molar-refractivity contribution in [1.29, 1.82) is 0 Å². The summed E-state index contributed by atoms with van der Waals surface area (Å²) in [6.07, 6.45) is 0.325. The van der Waals surface area contributed by atoms with E-state index in [-0.39, 0.29) is 16.0 Å². The van der Waals surface area contributed by atoms with Crippen molar-refractivity contribution in [3.8, 4) is 0 Å². The SMILES string of the molecule is C=C(C)SC1=C(C)C(NC(C)(O)O)CCS1(=O)=O. The Kier molecular flexibility index (Phi) is 4.66. The Bertz CT molecular complexity index is 474. The molecule has 0 fully saturated rings. The molecule has 5 nitrogen and oxygen atoms in total. The molecule has 0 spiro atoms. The Morgan fingerprint density at radius 3 is 2.56 bits per heavy atom. The first-order valence-electron chi connectivity index (χ1n) is 5.52. The Morgan fingerprint density at radius 1 is 1.56 bits per heavy atom. The van der Waals surface area contributed by atoms with Crippen LogP contribution in [0.1, 0.15) is 27.2 Å². The third-order valence-electron chi connectivity index (χ3n) is 2.52. The van der Waals surface area contributed by atoms with Gasteiger partial charge in [-0.2, -0.15) is 0 Å². The average molecular weight is 293 g/mol. The van der Waals surface area contributed by atoms with Crippen LogP contribution in [0, 0.1) is 0 Å². The van der Waals surface area contributed by atoms with Gasteiger partial charge >= 0.3 is 0 Å². The summed E-state index contributed by atoms with van der Waals surface area (Å²) in [7, 11) is -3.28. The van der Waals surface area contributed by atoms with E-state index in [4.69, 9.17) is 0 Å². The molecule has 0 aromatic carbocycles. The van der Waals surface area contributed by atoms with Gasteiger partial charge < -0.3 is 10.2 Å². The standard InChI is InChI=1S/C11H19NO4S2/c1-7(2)17-10-8(3)9(12-11(4,13)14)5-6-18(10,15)16/h9,12-14H,1,5-6H2,2-4H3. The van der Waals surface area contributed by atoms with Crippen molar-refractivity contribution in [2.75, 3.05) is 5.75 Å². The molecule has 18 heavy (non-hydrogen) atoms. The fourth-order valence-corrected chi connectivity index (χ4v) is 4.95. The van der Waals surface area contributed by atoms with Crippen molar-refractivity contribution in [3.63, 3.8) is 0 Å². The number of sulfone groups is 1. The molecule has 3 N–H and O–H groups in total. The summed E-state index contributed by atoms with van der Waals surface area (Å²) in [5.41, 5.74) is 0.601. The van der Waals surface area contributed by atoms with Crippen LogP contribution in [0.4, 0.5) is 0 Å². The van der Waals surface area contributed by atoms with E-state index in [1.54, 1.807) is 13.8 Å². The molecule has 104 valence electrons. The van der Waals surface area contributed by atoms with Gasteiger partial charge in [0.25, 0.3) is 0 Å². The normalized spacial score (nSPS) is 24.2. The van der Waals surface area contributed by atoms with Gasteiger partial charge in [0.1, 0.15) is 4.24 Å². The van der Waals surface area contributed by atoms with Gasteiger partial charge in [0.05, 0.1) is 5.75 Å². The molecule has 0 saturated heterocycles. The quantitative estimate of drug-likeness (QED) is 0.668. The Labute approximate surface area is 112 Å². The lowest BCUT2D eigenvalue weighted by atomic mass is 10.1. The maximum Gasteiger partial charge on any atom is 0.219 e. The number of hydrogen-bond acceptors (Lipinski definition) is 6. The highest BCUT2D eigenvalue weighted by atomic mass is 32.3. The number of rotatable bonds is 4. The fraction of sp³-hybridized carbons (Fsp3) is 0.636. The van der Waals surface area contributed by atoms with Gasteiger partial charge in [-0.25, -0.2) is 8.42 Å². The molecule has 0 aliphatic carbocycles. The van der Waals surface area contributed by atoms with Gasteiger partial charge in [0.15, 0.2) is 9.84 Å². The molecule has 7 heteroatoms. The van der Waals surface area contributed by atoms with E-state index in [2.05, 4.69) is 11.9 Å². The number of nitrogens with one attached hydrogen (secondary N) is 1. The second-order valence-corrected chi connectivity index (χ2v) is 8.21. The second kappa shape index (κ2) is 5.34. The third-order valence-corrected chi connectivity index (χ3v) is 6.04. The average Bonchev–Trinajstić information content (AvgIpc) is 2.16. The summed E-state index contributed by atoms with van der Waals surface area (Å²) >= 11 is 1.11. The highest BCUT2D eigenvalue weighted by Crippen LogP contribution is 2.37. The van der Waals surface area contributed by atoms with E-state index in [1.807, 2.05) is 0 Å². The molecule has 1 heterocycles. The van der Waals surface area contributed by atoms with Crippen LogP contribution in [0.5, 0.6) is 0 Å². The first-order valence-corrected chi connectivity index (χ1v) is 7.99. The van der Waals surface area contributed by atoms with E-state index in [0.717, 1.165) is 11.8 Å². The molecule has 1 aliphatic rings. The lowest BCUT2D eigenvalue weighted by Gasteiger charge is -2.31. The van der Waals surface area contributed by atoms with E-state index in [1.165, 1.54) is 6.92 Å². The van der Waals surface area contributed by atoms with E-state index < -0.39 is 15.7 Å². The largest absolute Gasteiger partial charge is 0.354 e. The maximum absolute atomic E-state index is 12.0. The second-order valence-electron chi connectivity index (χ2n) is 4.60. The minimum atomic E-state index is -3.28. The molecule has 0 bridgehead atoms. The molecule has 1 atom stereocenters. The molecule has 0 amide bonds.